The Kier molecular flexibility index (Phi) is 6.72. The van der Waals surface area contributed by atoms with Gasteiger partial charge in [-0.15, -0.1) is 0 Å². The van der Waals surface area contributed by atoms with Crippen molar-refractivity contribution >= 4 is 23.8 Å². The molecule has 0 heterocycles. The number of ether oxygens (including phenoxy) is 2. The van der Waals surface area contributed by atoms with Gasteiger partial charge in [0.15, 0.2) is 0 Å². The van der Waals surface area contributed by atoms with Crippen molar-refractivity contribution in [1.82, 2.24) is 5.32 Å². The summed E-state index contributed by atoms with van der Waals surface area (Å²) < 4.78 is 9.59. The van der Waals surface area contributed by atoms with Crippen LogP contribution in [0, 0.1) is 0 Å². The SMILES string of the molecule is CCOC(=O)C[C@@H](NC(=O)c1cccc(OC(C)=O)c1)C(N)=O. The van der Waals surface area contributed by atoms with Crippen LogP contribution in [0.3, 0.4) is 0 Å². The number of benzene rings is 1. The molecule has 0 aliphatic rings. The molecule has 23 heavy (non-hydrogen) atoms. The third-order valence-electron chi connectivity index (χ3n) is 2.68. The number of hydrogen-bond donors (Lipinski definition) is 2. The van der Waals surface area contributed by atoms with Crippen molar-refractivity contribution in [1.29, 1.82) is 0 Å². The van der Waals surface area contributed by atoms with Crippen LogP contribution in [-0.2, 0) is 19.1 Å². The Bertz CT molecular complexity index is 614. The van der Waals surface area contributed by atoms with Gasteiger partial charge in [-0.25, -0.2) is 0 Å². The van der Waals surface area contributed by atoms with E-state index in [0.717, 1.165) is 0 Å². The van der Waals surface area contributed by atoms with E-state index in [1.165, 1.54) is 31.2 Å². The van der Waals surface area contributed by atoms with Crippen molar-refractivity contribution in [3.8, 4) is 5.75 Å². The Morgan fingerprint density at radius 3 is 2.52 bits per heavy atom. The topological polar surface area (TPSA) is 125 Å². The van der Waals surface area contributed by atoms with Crippen LogP contribution < -0.4 is 15.8 Å². The van der Waals surface area contributed by atoms with Gasteiger partial charge in [-0.05, 0) is 25.1 Å². The molecule has 2 amide bonds. The maximum atomic E-state index is 12.1. The Morgan fingerprint density at radius 2 is 1.96 bits per heavy atom. The summed E-state index contributed by atoms with van der Waals surface area (Å²) in [5, 5.41) is 2.35. The molecular weight excluding hydrogens is 304 g/mol. The fourth-order valence-electron chi connectivity index (χ4n) is 1.72. The Morgan fingerprint density at radius 1 is 1.26 bits per heavy atom. The van der Waals surface area contributed by atoms with Crippen molar-refractivity contribution in [2.24, 2.45) is 5.73 Å². The molecule has 0 saturated heterocycles. The summed E-state index contributed by atoms with van der Waals surface area (Å²) in [6.45, 7) is 3.01. The van der Waals surface area contributed by atoms with Gasteiger partial charge in [0.05, 0.1) is 13.0 Å². The van der Waals surface area contributed by atoms with Gasteiger partial charge < -0.3 is 20.5 Å². The fourth-order valence-corrected chi connectivity index (χ4v) is 1.72. The molecule has 0 radical (unpaired) electrons. The number of carbonyl (C=O) groups excluding carboxylic acids is 4. The van der Waals surface area contributed by atoms with E-state index in [1.807, 2.05) is 0 Å². The number of rotatable bonds is 7. The van der Waals surface area contributed by atoms with Gasteiger partial charge in [-0.1, -0.05) is 6.07 Å². The number of nitrogens with one attached hydrogen (secondary N) is 1. The molecule has 3 N–H and O–H groups in total. The molecule has 0 aliphatic heterocycles. The molecule has 0 unspecified atom stereocenters. The highest BCUT2D eigenvalue weighted by molar-refractivity contribution is 5.98. The Balaban J connectivity index is 2.80. The van der Waals surface area contributed by atoms with E-state index < -0.39 is 29.8 Å². The second-order valence-electron chi connectivity index (χ2n) is 4.56. The van der Waals surface area contributed by atoms with Gasteiger partial charge in [0.1, 0.15) is 11.8 Å². The molecule has 0 aliphatic carbocycles. The minimum Gasteiger partial charge on any atom is -0.466 e. The van der Waals surface area contributed by atoms with Crippen molar-refractivity contribution in [2.45, 2.75) is 26.3 Å². The highest BCUT2D eigenvalue weighted by Crippen LogP contribution is 2.13. The van der Waals surface area contributed by atoms with E-state index in [4.69, 9.17) is 15.2 Å². The average molecular weight is 322 g/mol. The van der Waals surface area contributed by atoms with Gasteiger partial charge in [0.25, 0.3) is 5.91 Å². The number of primary amides is 1. The third-order valence-corrected chi connectivity index (χ3v) is 2.68. The van der Waals surface area contributed by atoms with Crippen LogP contribution in [0.15, 0.2) is 24.3 Å². The summed E-state index contributed by atoms with van der Waals surface area (Å²) in [5.74, 6) is -2.48. The summed E-state index contributed by atoms with van der Waals surface area (Å²) in [6.07, 6.45) is -0.363. The van der Waals surface area contributed by atoms with Crippen LogP contribution in [-0.4, -0.2) is 36.4 Å². The van der Waals surface area contributed by atoms with Crippen molar-refractivity contribution < 1.29 is 28.7 Å². The number of carbonyl (C=O) groups is 4. The highest BCUT2D eigenvalue weighted by atomic mass is 16.5. The number of esters is 2. The van der Waals surface area contributed by atoms with E-state index in [0.29, 0.717) is 0 Å². The molecule has 124 valence electrons. The van der Waals surface area contributed by atoms with Crippen molar-refractivity contribution in [2.75, 3.05) is 6.61 Å². The first-order valence-corrected chi connectivity index (χ1v) is 6.87. The standard InChI is InChI=1S/C15H18N2O6/c1-3-22-13(19)8-12(14(16)20)17-15(21)10-5-4-6-11(7-10)23-9(2)18/h4-7,12H,3,8H2,1-2H3,(H2,16,20)(H,17,21)/t12-/m1/s1. The lowest BCUT2D eigenvalue weighted by atomic mass is 10.1. The van der Waals surface area contributed by atoms with Gasteiger partial charge in [-0.3, -0.25) is 19.2 Å². The van der Waals surface area contributed by atoms with E-state index in [2.05, 4.69) is 5.32 Å². The average Bonchev–Trinajstić information content (AvgIpc) is 2.46. The van der Waals surface area contributed by atoms with E-state index in [9.17, 15) is 19.2 Å². The normalized spacial score (nSPS) is 11.2. The molecule has 0 fully saturated rings. The van der Waals surface area contributed by atoms with E-state index in [1.54, 1.807) is 6.92 Å². The second-order valence-corrected chi connectivity index (χ2v) is 4.56. The molecule has 8 heteroatoms. The van der Waals surface area contributed by atoms with Gasteiger partial charge in [-0.2, -0.15) is 0 Å². The highest BCUT2D eigenvalue weighted by Gasteiger charge is 2.23. The zero-order valence-corrected chi connectivity index (χ0v) is 12.8. The van der Waals surface area contributed by atoms with Crippen LogP contribution in [0.5, 0.6) is 5.75 Å². The summed E-state index contributed by atoms with van der Waals surface area (Å²) in [5.41, 5.74) is 5.32. The molecule has 1 aromatic rings. The predicted molar refractivity (Wildman–Crippen MR) is 79.4 cm³/mol. The maximum Gasteiger partial charge on any atom is 0.308 e. The molecule has 0 bridgehead atoms. The fraction of sp³-hybridized carbons (Fsp3) is 0.333. The first kappa shape index (κ1) is 18.1. The lowest BCUT2D eigenvalue weighted by Gasteiger charge is -2.15. The summed E-state index contributed by atoms with van der Waals surface area (Å²) >= 11 is 0. The minimum absolute atomic E-state index is 0.152. The lowest BCUT2D eigenvalue weighted by molar-refractivity contribution is -0.145. The molecule has 1 rings (SSSR count). The first-order chi connectivity index (χ1) is 10.8. The lowest BCUT2D eigenvalue weighted by Crippen LogP contribution is -2.45. The third kappa shape index (κ3) is 6.16. The van der Waals surface area contributed by atoms with Crippen LogP contribution in [0.25, 0.3) is 0 Å². The quantitative estimate of drug-likeness (QED) is 0.544. The molecule has 1 atom stereocenters. The molecule has 0 saturated carbocycles. The van der Waals surface area contributed by atoms with Crippen LogP contribution in [0.4, 0.5) is 0 Å². The second kappa shape index (κ2) is 8.52. The largest absolute Gasteiger partial charge is 0.466 e. The number of hydrogen-bond acceptors (Lipinski definition) is 6. The summed E-state index contributed by atoms with van der Waals surface area (Å²) in [7, 11) is 0. The van der Waals surface area contributed by atoms with Gasteiger partial charge in [0, 0.05) is 12.5 Å². The maximum absolute atomic E-state index is 12.1. The predicted octanol–water partition coefficient (Wildman–Crippen LogP) is 0.149. The first-order valence-electron chi connectivity index (χ1n) is 6.87. The number of nitrogens with two attached hydrogens (primary N) is 1. The number of amides is 2. The zero-order chi connectivity index (χ0) is 17.4. The van der Waals surface area contributed by atoms with Crippen molar-refractivity contribution in [3.05, 3.63) is 29.8 Å². The van der Waals surface area contributed by atoms with Crippen LogP contribution >= 0.6 is 0 Å². The molecule has 8 nitrogen and oxygen atoms in total. The Labute approximate surface area is 132 Å². The smallest absolute Gasteiger partial charge is 0.308 e. The minimum atomic E-state index is -1.20. The van der Waals surface area contributed by atoms with Crippen LogP contribution in [0.1, 0.15) is 30.6 Å². The molecule has 1 aromatic carbocycles. The van der Waals surface area contributed by atoms with E-state index >= 15 is 0 Å². The van der Waals surface area contributed by atoms with Crippen molar-refractivity contribution in [3.63, 3.8) is 0 Å². The zero-order valence-electron chi connectivity index (χ0n) is 12.8. The van der Waals surface area contributed by atoms with E-state index in [-0.39, 0.29) is 24.3 Å². The molecule has 0 spiro atoms. The van der Waals surface area contributed by atoms with Gasteiger partial charge in [0.2, 0.25) is 5.91 Å². The monoisotopic (exact) mass is 322 g/mol. The Hall–Kier alpha value is -2.90. The summed E-state index contributed by atoms with van der Waals surface area (Å²) in [4.78, 5) is 45.8. The molecular formula is C15H18N2O6. The van der Waals surface area contributed by atoms with Gasteiger partial charge >= 0.3 is 11.9 Å². The summed E-state index contributed by atoms with van der Waals surface area (Å²) in [6, 6.07) is 4.61. The molecule has 0 aromatic heterocycles. The van der Waals surface area contributed by atoms with Crippen LogP contribution in [0.2, 0.25) is 0 Å².